The molecule has 2 N–H and O–H groups in total. The third-order valence-corrected chi connectivity index (χ3v) is 4.46. The van der Waals surface area contributed by atoms with Gasteiger partial charge < -0.3 is 10.4 Å². The van der Waals surface area contributed by atoms with Crippen molar-refractivity contribution in [3.05, 3.63) is 29.8 Å². The molecule has 1 aromatic rings. The maximum Gasteiger partial charge on any atom is 0.337 e. The molecule has 1 aromatic carbocycles. The van der Waals surface area contributed by atoms with E-state index in [1.807, 2.05) is 6.92 Å². The Morgan fingerprint density at radius 3 is 2.45 bits per heavy atom. The van der Waals surface area contributed by atoms with Crippen LogP contribution in [0, 0.1) is 0 Å². The predicted octanol–water partition coefficient (Wildman–Crippen LogP) is 1.07. The van der Waals surface area contributed by atoms with Gasteiger partial charge in [-0.15, -0.1) is 0 Å². The average Bonchev–Trinajstić information content (AvgIpc) is 2.37. The molecule has 1 amide bonds. The van der Waals surface area contributed by atoms with Gasteiger partial charge in [0.25, 0.3) is 0 Å². The number of carboxylic acids is 1. The standard InChI is InChI=1S/C13H17NO5S/c1-3-9(2)14-12(15)8-20(18,19)11-7-5-4-6-10(11)13(16)17/h4-7,9H,3,8H2,1-2H3,(H,14,15)(H,16,17). The van der Waals surface area contributed by atoms with E-state index in [-0.39, 0.29) is 16.5 Å². The van der Waals surface area contributed by atoms with Gasteiger partial charge in [0.05, 0.1) is 10.5 Å². The fourth-order valence-corrected chi connectivity index (χ4v) is 2.94. The van der Waals surface area contributed by atoms with Crippen molar-refractivity contribution >= 4 is 21.7 Å². The summed E-state index contributed by atoms with van der Waals surface area (Å²) in [5, 5.41) is 11.5. The van der Waals surface area contributed by atoms with Gasteiger partial charge in [0.15, 0.2) is 9.84 Å². The molecule has 0 spiro atoms. The van der Waals surface area contributed by atoms with Crippen molar-refractivity contribution in [3.8, 4) is 0 Å². The van der Waals surface area contributed by atoms with Crippen molar-refractivity contribution in [1.82, 2.24) is 5.32 Å². The SMILES string of the molecule is CCC(C)NC(=O)CS(=O)(=O)c1ccccc1C(=O)O. The Bertz CT molecular complexity index is 609. The molecule has 0 fully saturated rings. The van der Waals surface area contributed by atoms with Gasteiger partial charge in [-0.3, -0.25) is 4.79 Å². The number of carbonyl (C=O) groups excluding carboxylic acids is 1. The van der Waals surface area contributed by atoms with Gasteiger partial charge in [0.1, 0.15) is 5.75 Å². The van der Waals surface area contributed by atoms with Crippen LogP contribution in [0.4, 0.5) is 0 Å². The van der Waals surface area contributed by atoms with E-state index in [2.05, 4.69) is 5.32 Å². The van der Waals surface area contributed by atoms with Crippen LogP contribution < -0.4 is 5.32 Å². The molecule has 1 rings (SSSR count). The molecule has 0 aliphatic carbocycles. The van der Waals surface area contributed by atoms with E-state index in [1.165, 1.54) is 24.3 Å². The van der Waals surface area contributed by atoms with Crippen LogP contribution in [0.1, 0.15) is 30.6 Å². The van der Waals surface area contributed by atoms with E-state index in [1.54, 1.807) is 6.92 Å². The minimum absolute atomic E-state index is 0.132. The number of nitrogens with one attached hydrogen (secondary N) is 1. The summed E-state index contributed by atoms with van der Waals surface area (Å²) in [6, 6.07) is 5.11. The van der Waals surface area contributed by atoms with Crippen LogP contribution in [0.3, 0.4) is 0 Å². The molecule has 1 atom stereocenters. The van der Waals surface area contributed by atoms with Crippen molar-refractivity contribution in [3.63, 3.8) is 0 Å². The van der Waals surface area contributed by atoms with E-state index < -0.39 is 27.5 Å². The Balaban J connectivity index is 3.01. The Morgan fingerprint density at radius 1 is 1.30 bits per heavy atom. The molecule has 0 aliphatic heterocycles. The number of hydrogen-bond donors (Lipinski definition) is 2. The summed E-state index contributed by atoms with van der Waals surface area (Å²) in [6.07, 6.45) is 0.678. The summed E-state index contributed by atoms with van der Waals surface area (Å²) in [5.41, 5.74) is -0.330. The topological polar surface area (TPSA) is 101 Å². The lowest BCUT2D eigenvalue weighted by Gasteiger charge is -2.12. The molecule has 7 heteroatoms. The smallest absolute Gasteiger partial charge is 0.337 e. The monoisotopic (exact) mass is 299 g/mol. The van der Waals surface area contributed by atoms with Gasteiger partial charge in [-0.05, 0) is 25.5 Å². The first-order valence-corrected chi connectivity index (χ1v) is 7.77. The molecule has 6 nitrogen and oxygen atoms in total. The summed E-state index contributed by atoms with van der Waals surface area (Å²) < 4.78 is 24.2. The molecular formula is C13H17NO5S. The van der Waals surface area contributed by atoms with E-state index in [0.717, 1.165) is 0 Å². The number of hydrogen-bond acceptors (Lipinski definition) is 4. The Kier molecular flexibility index (Phi) is 5.26. The van der Waals surface area contributed by atoms with Crippen molar-refractivity contribution in [1.29, 1.82) is 0 Å². The van der Waals surface area contributed by atoms with Crippen LogP contribution in [0.5, 0.6) is 0 Å². The lowest BCUT2D eigenvalue weighted by atomic mass is 10.2. The number of benzene rings is 1. The highest BCUT2D eigenvalue weighted by atomic mass is 32.2. The van der Waals surface area contributed by atoms with Gasteiger partial charge in [0, 0.05) is 6.04 Å². The summed E-state index contributed by atoms with van der Waals surface area (Å²) >= 11 is 0. The number of rotatable bonds is 6. The molecule has 0 aromatic heterocycles. The molecule has 1 unspecified atom stereocenters. The Labute approximate surface area is 117 Å². The quantitative estimate of drug-likeness (QED) is 0.818. The van der Waals surface area contributed by atoms with Crippen LogP contribution in [0.15, 0.2) is 29.2 Å². The first-order chi connectivity index (χ1) is 9.27. The highest BCUT2D eigenvalue weighted by molar-refractivity contribution is 7.92. The molecule has 0 bridgehead atoms. The predicted molar refractivity (Wildman–Crippen MR) is 73.3 cm³/mol. The molecule has 20 heavy (non-hydrogen) atoms. The van der Waals surface area contributed by atoms with E-state index in [4.69, 9.17) is 5.11 Å². The first-order valence-electron chi connectivity index (χ1n) is 6.12. The zero-order chi connectivity index (χ0) is 15.3. The molecular weight excluding hydrogens is 282 g/mol. The molecule has 110 valence electrons. The molecule has 0 saturated carbocycles. The van der Waals surface area contributed by atoms with E-state index in [0.29, 0.717) is 6.42 Å². The summed E-state index contributed by atoms with van der Waals surface area (Å²) in [7, 11) is -3.98. The van der Waals surface area contributed by atoms with Crippen LogP contribution in [0.25, 0.3) is 0 Å². The lowest BCUT2D eigenvalue weighted by molar-refractivity contribution is -0.119. The summed E-state index contributed by atoms with van der Waals surface area (Å²) in [5.74, 6) is -2.74. The van der Waals surface area contributed by atoms with Gasteiger partial charge in [-0.2, -0.15) is 0 Å². The summed E-state index contributed by atoms with van der Waals surface area (Å²) in [4.78, 5) is 22.3. The molecule has 0 heterocycles. The second-order valence-electron chi connectivity index (χ2n) is 4.44. The van der Waals surface area contributed by atoms with Gasteiger partial charge in [-0.1, -0.05) is 19.1 Å². The minimum Gasteiger partial charge on any atom is -0.478 e. The van der Waals surface area contributed by atoms with E-state index in [9.17, 15) is 18.0 Å². The van der Waals surface area contributed by atoms with Crippen LogP contribution in [-0.4, -0.2) is 37.2 Å². The van der Waals surface area contributed by atoms with Gasteiger partial charge in [-0.25, -0.2) is 13.2 Å². The zero-order valence-electron chi connectivity index (χ0n) is 11.3. The molecule has 0 aliphatic rings. The van der Waals surface area contributed by atoms with Crippen LogP contribution in [-0.2, 0) is 14.6 Å². The number of carboxylic acid groups (broad SMARTS) is 1. The average molecular weight is 299 g/mol. The Hall–Kier alpha value is -1.89. The fourth-order valence-electron chi connectivity index (χ4n) is 1.58. The highest BCUT2D eigenvalue weighted by Gasteiger charge is 2.25. The summed E-state index contributed by atoms with van der Waals surface area (Å²) in [6.45, 7) is 3.62. The van der Waals surface area contributed by atoms with E-state index >= 15 is 0 Å². The molecule has 0 radical (unpaired) electrons. The molecule has 0 saturated heterocycles. The zero-order valence-corrected chi connectivity index (χ0v) is 12.1. The van der Waals surface area contributed by atoms with Crippen molar-refractivity contribution in [2.45, 2.75) is 31.2 Å². The highest BCUT2D eigenvalue weighted by Crippen LogP contribution is 2.17. The first kappa shape index (κ1) is 16.2. The van der Waals surface area contributed by atoms with Gasteiger partial charge >= 0.3 is 5.97 Å². The van der Waals surface area contributed by atoms with Crippen molar-refractivity contribution < 1.29 is 23.1 Å². The van der Waals surface area contributed by atoms with Gasteiger partial charge in [0.2, 0.25) is 5.91 Å². The number of carbonyl (C=O) groups is 2. The third kappa shape index (κ3) is 4.06. The number of aromatic carboxylic acids is 1. The largest absolute Gasteiger partial charge is 0.478 e. The fraction of sp³-hybridized carbons (Fsp3) is 0.385. The van der Waals surface area contributed by atoms with Crippen LogP contribution in [0.2, 0.25) is 0 Å². The third-order valence-electron chi connectivity index (χ3n) is 2.79. The number of amides is 1. The Morgan fingerprint density at radius 2 is 1.90 bits per heavy atom. The second-order valence-corrected chi connectivity index (χ2v) is 6.40. The maximum atomic E-state index is 12.1. The lowest BCUT2D eigenvalue weighted by Crippen LogP contribution is -2.36. The maximum absolute atomic E-state index is 12.1. The normalized spacial score (nSPS) is 12.7. The van der Waals surface area contributed by atoms with Crippen LogP contribution >= 0.6 is 0 Å². The minimum atomic E-state index is -3.98. The van der Waals surface area contributed by atoms with Crippen molar-refractivity contribution in [2.24, 2.45) is 0 Å². The van der Waals surface area contributed by atoms with Crippen molar-refractivity contribution in [2.75, 3.05) is 5.75 Å². The number of sulfone groups is 1. The second kappa shape index (κ2) is 6.51.